The van der Waals surface area contributed by atoms with Crippen molar-refractivity contribution in [3.63, 3.8) is 0 Å². The molecule has 2 rings (SSSR count). The Balaban J connectivity index is 2.18. The number of carbonyl (C=O) groups is 2. The van der Waals surface area contributed by atoms with Gasteiger partial charge in [-0.1, -0.05) is 11.3 Å². The number of carboxylic acid groups (broad SMARTS) is 1. The normalized spacial score (nSPS) is 10.1. The van der Waals surface area contributed by atoms with E-state index in [1.54, 1.807) is 25.3 Å². The SMILES string of the molecule is Cc1nc(NC(=O)c2cccnc2)sc1C(=O)O. The second kappa shape index (κ2) is 4.92. The molecule has 0 spiro atoms. The van der Waals surface area contributed by atoms with Crippen molar-refractivity contribution in [2.24, 2.45) is 0 Å². The van der Waals surface area contributed by atoms with Gasteiger partial charge in [0.25, 0.3) is 5.91 Å². The van der Waals surface area contributed by atoms with Crippen LogP contribution in [-0.2, 0) is 0 Å². The van der Waals surface area contributed by atoms with E-state index < -0.39 is 5.97 Å². The number of carbonyl (C=O) groups excluding carboxylic acids is 1. The van der Waals surface area contributed by atoms with E-state index in [0.717, 1.165) is 11.3 Å². The molecule has 0 radical (unpaired) electrons. The molecule has 0 aliphatic carbocycles. The molecule has 6 nitrogen and oxygen atoms in total. The number of nitrogens with one attached hydrogen (secondary N) is 1. The Morgan fingerprint density at radius 2 is 2.22 bits per heavy atom. The highest BCUT2D eigenvalue weighted by atomic mass is 32.1. The highest BCUT2D eigenvalue weighted by molar-refractivity contribution is 7.17. The van der Waals surface area contributed by atoms with Crippen molar-refractivity contribution in [2.45, 2.75) is 6.92 Å². The lowest BCUT2D eigenvalue weighted by Crippen LogP contribution is -2.11. The smallest absolute Gasteiger partial charge is 0.347 e. The van der Waals surface area contributed by atoms with Gasteiger partial charge in [-0.3, -0.25) is 15.1 Å². The van der Waals surface area contributed by atoms with Crippen LogP contribution in [0.4, 0.5) is 5.13 Å². The van der Waals surface area contributed by atoms with Crippen molar-refractivity contribution in [3.8, 4) is 0 Å². The van der Waals surface area contributed by atoms with E-state index in [1.807, 2.05) is 0 Å². The summed E-state index contributed by atoms with van der Waals surface area (Å²) in [7, 11) is 0. The number of anilines is 1. The molecule has 0 fully saturated rings. The van der Waals surface area contributed by atoms with Crippen LogP contribution in [0.25, 0.3) is 0 Å². The maximum absolute atomic E-state index is 11.8. The second-order valence-electron chi connectivity index (χ2n) is 3.43. The van der Waals surface area contributed by atoms with Gasteiger partial charge in [0, 0.05) is 12.4 Å². The zero-order valence-electron chi connectivity index (χ0n) is 9.38. The van der Waals surface area contributed by atoms with Gasteiger partial charge >= 0.3 is 5.97 Å². The molecule has 92 valence electrons. The molecule has 0 saturated heterocycles. The number of aryl methyl sites for hydroxylation is 1. The molecule has 2 aromatic rings. The highest BCUT2D eigenvalue weighted by Crippen LogP contribution is 2.22. The van der Waals surface area contributed by atoms with Gasteiger partial charge in [-0.15, -0.1) is 0 Å². The summed E-state index contributed by atoms with van der Waals surface area (Å²) in [6.45, 7) is 1.58. The zero-order chi connectivity index (χ0) is 13.1. The third-order valence-corrected chi connectivity index (χ3v) is 3.20. The van der Waals surface area contributed by atoms with Crippen LogP contribution in [0.1, 0.15) is 25.7 Å². The first-order valence-corrected chi connectivity index (χ1v) is 5.81. The summed E-state index contributed by atoms with van der Waals surface area (Å²) < 4.78 is 0. The van der Waals surface area contributed by atoms with Gasteiger partial charge in [-0.2, -0.15) is 0 Å². The summed E-state index contributed by atoms with van der Waals surface area (Å²) in [5.74, 6) is -1.42. The number of pyridine rings is 1. The Morgan fingerprint density at radius 3 is 2.78 bits per heavy atom. The van der Waals surface area contributed by atoms with Crippen molar-refractivity contribution in [1.82, 2.24) is 9.97 Å². The first-order valence-electron chi connectivity index (χ1n) is 5.00. The third-order valence-electron chi connectivity index (χ3n) is 2.14. The fourth-order valence-electron chi connectivity index (χ4n) is 1.31. The van der Waals surface area contributed by atoms with E-state index in [0.29, 0.717) is 11.3 Å². The van der Waals surface area contributed by atoms with Crippen LogP contribution in [0.15, 0.2) is 24.5 Å². The number of hydrogen-bond acceptors (Lipinski definition) is 5. The van der Waals surface area contributed by atoms with Crippen LogP contribution < -0.4 is 5.32 Å². The van der Waals surface area contributed by atoms with Crippen LogP contribution in [0.5, 0.6) is 0 Å². The van der Waals surface area contributed by atoms with E-state index >= 15 is 0 Å². The number of thiazole rings is 1. The van der Waals surface area contributed by atoms with E-state index in [2.05, 4.69) is 15.3 Å². The second-order valence-corrected chi connectivity index (χ2v) is 4.43. The predicted molar refractivity (Wildman–Crippen MR) is 66.0 cm³/mol. The number of rotatable bonds is 3. The molecule has 2 N–H and O–H groups in total. The highest BCUT2D eigenvalue weighted by Gasteiger charge is 2.15. The molecule has 0 aromatic carbocycles. The standard InChI is InChI=1S/C11H9N3O3S/c1-6-8(10(16)17)18-11(13-6)14-9(15)7-3-2-4-12-5-7/h2-5H,1H3,(H,16,17)(H,13,14,15). The molecular formula is C11H9N3O3S. The summed E-state index contributed by atoms with van der Waals surface area (Å²) in [6.07, 6.45) is 2.99. The topological polar surface area (TPSA) is 92.2 Å². The number of aromatic nitrogens is 2. The number of hydrogen-bond donors (Lipinski definition) is 2. The minimum Gasteiger partial charge on any atom is -0.477 e. The van der Waals surface area contributed by atoms with E-state index in [9.17, 15) is 9.59 Å². The molecule has 2 aromatic heterocycles. The molecule has 7 heteroatoms. The lowest BCUT2D eigenvalue weighted by molar-refractivity contribution is 0.0701. The van der Waals surface area contributed by atoms with Gasteiger partial charge in [0.2, 0.25) is 0 Å². The van der Waals surface area contributed by atoms with Crippen LogP contribution in [0, 0.1) is 6.92 Å². The first kappa shape index (κ1) is 12.2. The maximum atomic E-state index is 11.8. The largest absolute Gasteiger partial charge is 0.477 e. The molecule has 0 aliphatic heterocycles. The Bertz CT molecular complexity index is 595. The van der Waals surface area contributed by atoms with E-state index in [1.165, 1.54) is 6.20 Å². The minimum absolute atomic E-state index is 0.122. The molecular weight excluding hydrogens is 254 g/mol. The fraction of sp³-hybridized carbons (Fsp3) is 0.0909. The molecule has 0 saturated carbocycles. The Hall–Kier alpha value is -2.28. The summed E-state index contributed by atoms with van der Waals surface area (Å²) in [5, 5.41) is 11.7. The van der Waals surface area contributed by atoms with E-state index in [-0.39, 0.29) is 15.9 Å². The van der Waals surface area contributed by atoms with Gasteiger partial charge in [-0.05, 0) is 19.1 Å². The lowest BCUT2D eigenvalue weighted by Gasteiger charge is -1.99. The van der Waals surface area contributed by atoms with Crippen molar-refractivity contribution >= 4 is 28.3 Å². The molecule has 1 amide bonds. The van der Waals surface area contributed by atoms with Crippen molar-refractivity contribution in [2.75, 3.05) is 5.32 Å². The van der Waals surface area contributed by atoms with Crippen LogP contribution >= 0.6 is 11.3 Å². The fourth-order valence-corrected chi connectivity index (χ4v) is 2.11. The van der Waals surface area contributed by atoms with Crippen LogP contribution in [0.3, 0.4) is 0 Å². The Labute approximate surface area is 106 Å². The van der Waals surface area contributed by atoms with Crippen LogP contribution in [0.2, 0.25) is 0 Å². The number of carboxylic acids is 1. The number of nitrogens with zero attached hydrogens (tertiary/aromatic N) is 2. The molecule has 2 heterocycles. The van der Waals surface area contributed by atoms with Crippen molar-refractivity contribution < 1.29 is 14.7 Å². The average molecular weight is 263 g/mol. The molecule has 0 atom stereocenters. The van der Waals surface area contributed by atoms with Gasteiger partial charge in [0.15, 0.2) is 5.13 Å². The predicted octanol–water partition coefficient (Wildman–Crippen LogP) is 1.80. The number of amides is 1. The third kappa shape index (κ3) is 2.51. The summed E-state index contributed by atoms with van der Waals surface area (Å²) in [5.41, 5.74) is 0.774. The minimum atomic E-state index is -1.05. The Kier molecular flexibility index (Phi) is 3.33. The summed E-state index contributed by atoms with van der Waals surface area (Å²) in [4.78, 5) is 30.5. The summed E-state index contributed by atoms with van der Waals surface area (Å²) in [6, 6.07) is 3.26. The molecule has 0 bridgehead atoms. The molecule has 0 aliphatic rings. The molecule has 18 heavy (non-hydrogen) atoms. The van der Waals surface area contributed by atoms with Crippen molar-refractivity contribution in [3.05, 3.63) is 40.7 Å². The zero-order valence-corrected chi connectivity index (χ0v) is 10.2. The van der Waals surface area contributed by atoms with Crippen LogP contribution in [-0.4, -0.2) is 27.0 Å². The molecule has 0 unspecified atom stereocenters. The monoisotopic (exact) mass is 263 g/mol. The van der Waals surface area contributed by atoms with Gasteiger partial charge in [-0.25, -0.2) is 9.78 Å². The first-order chi connectivity index (χ1) is 8.58. The quantitative estimate of drug-likeness (QED) is 0.880. The summed E-state index contributed by atoms with van der Waals surface area (Å²) >= 11 is 0.928. The van der Waals surface area contributed by atoms with E-state index in [4.69, 9.17) is 5.11 Å². The van der Waals surface area contributed by atoms with Gasteiger partial charge < -0.3 is 5.11 Å². The van der Waals surface area contributed by atoms with Gasteiger partial charge in [0.05, 0.1) is 11.3 Å². The number of aromatic carboxylic acids is 1. The average Bonchev–Trinajstić information content (AvgIpc) is 2.71. The maximum Gasteiger partial charge on any atom is 0.347 e. The van der Waals surface area contributed by atoms with Gasteiger partial charge in [0.1, 0.15) is 4.88 Å². The van der Waals surface area contributed by atoms with Crippen molar-refractivity contribution in [1.29, 1.82) is 0 Å². The lowest BCUT2D eigenvalue weighted by atomic mass is 10.3. The Morgan fingerprint density at radius 1 is 1.44 bits per heavy atom.